The molecule has 0 aromatic heterocycles. The standard InChI is InChI=1S/C46H46S2Si2/c1-29-26-32(34-16-15-23-43-45(34)48-39-19-10-12-21-41(39)49(43,6)7)24-25-33(29)36-27-31(3)37(28-30(36)2)35-17-14-18-38-44(35)47-40-20-11-13-22-42(40)50(8,9)46(38,4)5/h10-28H,1-9H3/i1D3,2D3,3D3. The number of hydrogen-bond acceptors (Lipinski definition) is 2. The van der Waals surface area contributed by atoms with E-state index in [0.29, 0.717) is 16.7 Å². The van der Waals surface area contributed by atoms with E-state index in [2.05, 4.69) is 88.6 Å². The number of fused-ring (bicyclic) bond motifs is 4. The first-order valence-electron chi connectivity index (χ1n) is 21.6. The lowest BCUT2D eigenvalue weighted by atomic mass is 9.88. The van der Waals surface area contributed by atoms with Gasteiger partial charge in [0.1, 0.15) is 8.07 Å². The predicted molar refractivity (Wildman–Crippen MR) is 225 cm³/mol. The van der Waals surface area contributed by atoms with Gasteiger partial charge in [0, 0.05) is 31.9 Å². The molecule has 2 aliphatic rings. The summed E-state index contributed by atoms with van der Waals surface area (Å²) in [4.78, 5) is 4.31. The van der Waals surface area contributed by atoms with Crippen molar-refractivity contribution in [1.29, 1.82) is 0 Å². The van der Waals surface area contributed by atoms with Crippen LogP contribution in [-0.4, -0.2) is 16.1 Å². The highest BCUT2D eigenvalue weighted by Gasteiger charge is 2.46. The Kier molecular flexibility index (Phi) is 5.91. The molecule has 0 saturated heterocycles. The number of benzene rings is 6. The highest BCUT2D eigenvalue weighted by molar-refractivity contribution is 8.00. The van der Waals surface area contributed by atoms with Crippen molar-refractivity contribution >= 4 is 55.2 Å². The minimum Gasteiger partial charge on any atom is -0.0897 e. The molecule has 0 saturated carbocycles. The molecule has 0 nitrogen and oxygen atoms in total. The third-order valence-electron chi connectivity index (χ3n) is 11.6. The van der Waals surface area contributed by atoms with Crippen LogP contribution in [0.15, 0.2) is 135 Å². The minimum absolute atomic E-state index is 0.0266. The molecular formula is C46H46S2Si2. The third kappa shape index (κ3) is 5.09. The Morgan fingerprint density at radius 2 is 1.06 bits per heavy atom. The number of aryl methyl sites for hydroxylation is 3. The second-order valence-corrected chi connectivity index (χ2v) is 26.6. The molecule has 0 N–H and O–H groups in total. The molecule has 0 radical (unpaired) electrons. The SMILES string of the molecule is [2H]C([2H])([2H])c1cc(-c2cccc3c2Sc2ccccc2[Si]3(C)C)ccc1-c1cc(C([2H])([2H])[2H])c(-c2cccc3c2Sc2ccccc2[Si](C)(C)C3(C)C)cc1C([2H])([2H])[2H]. The quantitative estimate of drug-likeness (QED) is 0.167. The zero-order valence-corrected chi connectivity index (χ0v) is 32.9. The second-order valence-electron chi connectivity index (χ2n) is 15.1. The largest absolute Gasteiger partial charge is 0.115 e. The summed E-state index contributed by atoms with van der Waals surface area (Å²) >= 11 is 3.31. The average molecular weight is 728 g/mol. The smallest absolute Gasteiger partial charge is 0.0897 e. The Morgan fingerprint density at radius 3 is 1.78 bits per heavy atom. The molecule has 250 valence electrons. The van der Waals surface area contributed by atoms with E-state index in [1.165, 1.54) is 32.6 Å². The van der Waals surface area contributed by atoms with Gasteiger partial charge in [0.2, 0.25) is 0 Å². The van der Waals surface area contributed by atoms with Gasteiger partial charge >= 0.3 is 0 Å². The fraction of sp³-hybridized carbons (Fsp3) is 0.217. The van der Waals surface area contributed by atoms with Gasteiger partial charge in [0.05, 0.1) is 8.07 Å². The van der Waals surface area contributed by atoms with E-state index in [4.69, 9.17) is 12.3 Å². The van der Waals surface area contributed by atoms with Crippen LogP contribution in [0.1, 0.15) is 48.4 Å². The number of rotatable bonds is 3. The molecule has 4 heteroatoms. The van der Waals surface area contributed by atoms with Gasteiger partial charge in [-0.05, 0) is 109 Å². The summed E-state index contributed by atoms with van der Waals surface area (Å²) in [5.74, 6) is 0. The first-order chi connectivity index (χ1) is 27.4. The number of hydrogen-bond donors (Lipinski definition) is 0. The van der Waals surface area contributed by atoms with Crippen LogP contribution in [0.2, 0.25) is 26.2 Å². The lowest BCUT2D eigenvalue weighted by Gasteiger charge is -2.40. The van der Waals surface area contributed by atoms with Crippen molar-refractivity contribution in [2.45, 2.75) is 85.2 Å². The zero-order valence-electron chi connectivity index (χ0n) is 38.3. The molecule has 2 heterocycles. The van der Waals surface area contributed by atoms with Crippen molar-refractivity contribution in [3.63, 3.8) is 0 Å². The molecule has 0 aliphatic carbocycles. The first-order valence-corrected chi connectivity index (χ1v) is 24.7. The van der Waals surface area contributed by atoms with Crippen LogP contribution < -0.4 is 15.6 Å². The summed E-state index contributed by atoms with van der Waals surface area (Å²) in [6.07, 6.45) is 0. The second kappa shape index (κ2) is 12.0. The predicted octanol–water partition coefficient (Wildman–Crippen LogP) is 11.8. The Morgan fingerprint density at radius 1 is 0.500 bits per heavy atom. The first kappa shape index (κ1) is 24.6. The maximum atomic E-state index is 8.87. The Hall–Kier alpha value is -3.55. The van der Waals surface area contributed by atoms with Gasteiger partial charge in [-0.1, -0.05) is 167 Å². The van der Waals surface area contributed by atoms with Crippen LogP contribution in [0.25, 0.3) is 33.4 Å². The van der Waals surface area contributed by atoms with Crippen LogP contribution >= 0.6 is 23.5 Å². The molecule has 50 heavy (non-hydrogen) atoms. The minimum atomic E-state index is -2.71. The molecular weight excluding hydrogens is 673 g/mol. The fourth-order valence-corrected chi connectivity index (χ4v) is 18.5. The van der Waals surface area contributed by atoms with Crippen LogP contribution in [0.3, 0.4) is 0 Å². The van der Waals surface area contributed by atoms with Crippen molar-refractivity contribution in [2.75, 3.05) is 0 Å². The highest BCUT2D eigenvalue weighted by Crippen LogP contribution is 2.50. The van der Waals surface area contributed by atoms with Crippen LogP contribution in [0, 0.1) is 20.6 Å². The van der Waals surface area contributed by atoms with E-state index in [1.807, 2.05) is 42.5 Å². The summed E-state index contributed by atoms with van der Waals surface area (Å²) in [6.45, 7) is 5.90. The third-order valence-corrected chi connectivity index (χ3v) is 23.3. The molecule has 0 amide bonds. The Labute approximate surface area is 322 Å². The molecule has 2 aliphatic heterocycles. The summed E-state index contributed by atoms with van der Waals surface area (Å²) < 4.78 is 79.5. The van der Waals surface area contributed by atoms with Gasteiger partial charge in [-0.15, -0.1) is 0 Å². The topological polar surface area (TPSA) is 0 Å². The average Bonchev–Trinajstić information content (AvgIpc) is 3.22. The van der Waals surface area contributed by atoms with E-state index in [1.54, 1.807) is 35.7 Å². The van der Waals surface area contributed by atoms with Crippen LogP contribution in [0.5, 0.6) is 0 Å². The van der Waals surface area contributed by atoms with Gasteiger partial charge in [-0.3, -0.25) is 0 Å². The van der Waals surface area contributed by atoms with Crippen molar-refractivity contribution in [1.82, 2.24) is 0 Å². The molecule has 0 atom stereocenters. The summed E-state index contributed by atoms with van der Waals surface area (Å²) in [5, 5.41) is 3.69. The summed E-state index contributed by atoms with van der Waals surface area (Å²) in [6, 6.07) is 37.2. The molecule has 0 fully saturated rings. The Balaban J connectivity index is 1.36. The lowest BCUT2D eigenvalue weighted by Crippen LogP contribution is -2.57. The van der Waals surface area contributed by atoms with Crippen molar-refractivity contribution in [3.05, 3.63) is 138 Å². The van der Waals surface area contributed by atoms with Gasteiger partial charge in [-0.2, -0.15) is 0 Å². The Bertz CT molecular complexity index is 2670. The van der Waals surface area contributed by atoms with E-state index in [0.717, 1.165) is 25.8 Å². The molecule has 0 spiro atoms. The maximum absolute atomic E-state index is 8.87. The molecule has 0 unspecified atom stereocenters. The van der Waals surface area contributed by atoms with E-state index in [-0.39, 0.29) is 32.9 Å². The molecule has 6 aromatic rings. The van der Waals surface area contributed by atoms with E-state index < -0.39 is 36.7 Å². The van der Waals surface area contributed by atoms with Crippen molar-refractivity contribution in [2.24, 2.45) is 0 Å². The van der Waals surface area contributed by atoms with Gasteiger partial charge in [-0.25, -0.2) is 0 Å². The van der Waals surface area contributed by atoms with Gasteiger partial charge < -0.3 is 0 Å². The van der Waals surface area contributed by atoms with Gasteiger partial charge in [0.25, 0.3) is 0 Å². The van der Waals surface area contributed by atoms with Crippen molar-refractivity contribution in [3.8, 4) is 33.4 Å². The molecule has 6 aromatic carbocycles. The fourth-order valence-electron chi connectivity index (χ4n) is 7.89. The maximum Gasteiger partial charge on any atom is 0.115 e. The zero-order chi connectivity index (χ0) is 42.7. The lowest BCUT2D eigenvalue weighted by molar-refractivity contribution is 0.710. The van der Waals surface area contributed by atoms with E-state index >= 15 is 0 Å². The molecule has 0 bridgehead atoms. The molecule has 8 rings (SSSR count). The normalized spacial score (nSPS) is 19.8. The summed E-state index contributed by atoms with van der Waals surface area (Å²) in [5.41, 5.74) is 3.78. The highest BCUT2D eigenvalue weighted by atomic mass is 32.2. The van der Waals surface area contributed by atoms with Gasteiger partial charge in [0.15, 0.2) is 0 Å². The van der Waals surface area contributed by atoms with Crippen LogP contribution in [0.4, 0.5) is 0 Å². The van der Waals surface area contributed by atoms with Crippen molar-refractivity contribution < 1.29 is 12.3 Å². The van der Waals surface area contributed by atoms with E-state index in [9.17, 15) is 0 Å². The summed E-state index contributed by atoms with van der Waals surface area (Å²) in [7, 11) is -4.26. The monoisotopic (exact) mass is 727 g/mol. The van der Waals surface area contributed by atoms with Crippen LogP contribution in [-0.2, 0) is 5.04 Å².